The van der Waals surface area contributed by atoms with Gasteiger partial charge in [-0.1, -0.05) is 51.1 Å². The fourth-order valence-electron chi connectivity index (χ4n) is 3.28. The van der Waals surface area contributed by atoms with E-state index < -0.39 is 10.0 Å². The number of fused-ring (bicyclic) bond motifs is 1. The van der Waals surface area contributed by atoms with Crippen molar-refractivity contribution in [1.82, 2.24) is 5.32 Å². The number of nitrogens with zero attached hydrogens (tertiary/aromatic N) is 1. The summed E-state index contributed by atoms with van der Waals surface area (Å²) in [6.07, 6.45) is 0.712. The lowest BCUT2D eigenvalue weighted by molar-refractivity contribution is -0.122. The number of amides is 1. The molecule has 1 amide bonds. The molecule has 0 saturated heterocycles. The van der Waals surface area contributed by atoms with E-state index in [9.17, 15) is 13.2 Å². The molecular weight excluding hydrogens is 388 g/mol. The van der Waals surface area contributed by atoms with Crippen LogP contribution in [0.2, 0.25) is 0 Å². The molecule has 0 bridgehead atoms. The van der Waals surface area contributed by atoms with Gasteiger partial charge in [0, 0.05) is 13.1 Å². The summed E-state index contributed by atoms with van der Waals surface area (Å²) in [7, 11) is -3.48. The summed E-state index contributed by atoms with van der Waals surface area (Å²) in [4.78, 5) is 12.1. The van der Waals surface area contributed by atoms with Gasteiger partial charge in [-0.3, -0.25) is 9.10 Å². The highest BCUT2D eigenvalue weighted by Crippen LogP contribution is 2.30. The smallest absolute Gasteiger partial charge is 0.257 e. The minimum Gasteiger partial charge on any atom is -0.484 e. The molecule has 0 atom stereocenters. The molecule has 156 valence electrons. The van der Waals surface area contributed by atoms with Crippen molar-refractivity contribution in [3.05, 3.63) is 59.7 Å². The van der Waals surface area contributed by atoms with E-state index >= 15 is 0 Å². The van der Waals surface area contributed by atoms with Crippen molar-refractivity contribution < 1.29 is 17.9 Å². The number of ether oxygens (including phenoxy) is 1. The van der Waals surface area contributed by atoms with Crippen LogP contribution in [-0.4, -0.2) is 39.8 Å². The van der Waals surface area contributed by atoms with Gasteiger partial charge in [0.05, 0.1) is 11.4 Å². The standard InChI is InChI=1S/C22H28N2O4S/c1-22(2,3)18-8-6-9-19(15-18)28-16-21(25)23-12-14-29(26,27)24-13-11-17-7-4-5-10-20(17)24/h4-10,15H,11-14,16H2,1-3H3,(H,23,25). The molecule has 1 aliphatic heterocycles. The molecule has 29 heavy (non-hydrogen) atoms. The third kappa shape index (κ3) is 5.29. The highest BCUT2D eigenvalue weighted by atomic mass is 32.2. The topological polar surface area (TPSA) is 75.7 Å². The summed E-state index contributed by atoms with van der Waals surface area (Å²) in [5.74, 6) is 0.129. The number of para-hydroxylation sites is 1. The molecule has 1 N–H and O–H groups in total. The molecule has 3 rings (SSSR count). The molecule has 0 saturated carbocycles. The number of carbonyl (C=O) groups excluding carboxylic acids is 1. The number of nitrogens with one attached hydrogen (secondary N) is 1. The third-order valence-corrected chi connectivity index (χ3v) is 6.70. The first-order chi connectivity index (χ1) is 13.7. The number of sulfonamides is 1. The fourth-order valence-corrected chi connectivity index (χ4v) is 4.71. The minimum atomic E-state index is -3.48. The Kier molecular flexibility index (Phi) is 6.17. The van der Waals surface area contributed by atoms with Crippen molar-refractivity contribution in [1.29, 1.82) is 0 Å². The summed E-state index contributed by atoms with van der Waals surface area (Å²) in [6.45, 7) is 6.67. The number of carbonyl (C=O) groups is 1. The van der Waals surface area contributed by atoms with Gasteiger partial charge in [-0.25, -0.2) is 8.42 Å². The van der Waals surface area contributed by atoms with Gasteiger partial charge in [0.2, 0.25) is 10.0 Å². The van der Waals surface area contributed by atoms with Gasteiger partial charge in [0.15, 0.2) is 6.61 Å². The maximum Gasteiger partial charge on any atom is 0.257 e. The highest BCUT2D eigenvalue weighted by molar-refractivity contribution is 7.92. The first-order valence-electron chi connectivity index (χ1n) is 9.75. The lowest BCUT2D eigenvalue weighted by Gasteiger charge is -2.20. The highest BCUT2D eigenvalue weighted by Gasteiger charge is 2.28. The molecule has 0 unspecified atom stereocenters. The Morgan fingerprint density at radius 2 is 1.90 bits per heavy atom. The summed E-state index contributed by atoms with van der Waals surface area (Å²) < 4.78 is 32.3. The van der Waals surface area contributed by atoms with Gasteiger partial charge in [-0.15, -0.1) is 0 Å². The monoisotopic (exact) mass is 416 g/mol. The predicted molar refractivity (Wildman–Crippen MR) is 115 cm³/mol. The zero-order valence-corrected chi connectivity index (χ0v) is 18.0. The van der Waals surface area contributed by atoms with E-state index in [2.05, 4.69) is 26.1 Å². The fraction of sp³-hybridized carbons (Fsp3) is 0.409. The van der Waals surface area contributed by atoms with Crippen molar-refractivity contribution in [2.24, 2.45) is 0 Å². The predicted octanol–water partition coefficient (Wildman–Crippen LogP) is 2.87. The Labute approximate surface area is 172 Å². The largest absolute Gasteiger partial charge is 0.484 e. The Morgan fingerprint density at radius 3 is 2.66 bits per heavy atom. The first-order valence-corrected chi connectivity index (χ1v) is 11.4. The number of hydrogen-bond donors (Lipinski definition) is 1. The van der Waals surface area contributed by atoms with Crippen LogP contribution in [0.15, 0.2) is 48.5 Å². The van der Waals surface area contributed by atoms with Gasteiger partial charge >= 0.3 is 0 Å². The second kappa shape index (κ2) is 8.45. The first kappa shape index (κ1) is 21.2. The van der Waals surface area contributed by atoms with Gasteiger partial charge < -0.3 is 10.1 Å². The van der Waals surface area contributed by atoms with Crippen molar-refractivity contribution >= 4 is 21.6 Å². The zero-order valence-electron chi connectivity index (χ0n) is 17.1. The van der Waals surface area contributed by atoms with E-state index in [1.54, 1.807) is 6.07 Å². The summed E-state index contributed by atoms with van der Waals surface area (Å²) in [5, 5.41) is 2.63. The quantitative estimate of drug-likeness (QED) is 0.753. The number of rotatable bonds is 7. The van der Waals surface area contributed by atoms with Crippen LogP contribution in [0.3, 0.4) is 0 Å². The molecular formula is C22H28N2O4S. The SMILES string of the molecule is CC(C)(C)c1cccc(OCC(=O)NCCS(=O)(=O)N2CCc3ccccc32)c1. The van der Waals surface area contributed by atoms with Crippen molar-refractivity contribution in [2.45, 2.75) is 32.6 Å². The van der Waals surface area contributed by atoms with Crippen molar-refractivity contribution in [3.63, 3.8) is 0 Å². The van der Waals surface area contributed by atoms with Crippen LogP contribution in [0.4, 0.5) is 5.69 Å². The molecule has 1 heterocycles. The molecule has 0 radical (unpaired) electrons. The lowest BCUT2D eigenvalue weighted by Crippen LogP contribution is -2.38. The number of anilines is 1. The Bertz CT molecular complexity index is 980. The average Bonchev–Trinajstić information content (AvgIpc) is 3.11. The van der Waals surface area contributed by atoms with Crippen LogP contribution >= 0.6 is 0 Å². The van der Waals surface area contributed by atoms with Crippen LogP contribution in [-0.2, 0) is 26.7 Å². The summed E-state index contributed by atoms with van der Waals surface area (Å²) in [5.41, 5.74) is 2.88. The van der Waals surface area contributed by atoms with Crippen LogP contribution in [0, 0.1) is 0 Å². The maximum atomic E-state index is 12.6. The zero-order chi connectivity index (χ0) is 21.1. The van der Waals surface area contributed by atoms with Crippen LogP contribution in [0.5, 0.6) is 5.75 Å². The van der Waals surface area contributed by atoms with Gasteiger partial charge in [0.25, 0.3) is 5.91 Å². The third-order valence-electron chi connectivity index (χ3n) is 4.93. The summed E-state index contributed by atoms with van der Waals surface area (Å²) >= 11 is 0. The van der Waals surface area contributed by atoms with Crippen LogP contribution in [0.25, 0.3) is 0 Å². The molecule has 0 fully saturated rings. The van der Waals surface area contributed by atoms with E-state index in [4.69, 9.17) is 4.74 Å². The second-order valence-electron chi connectivity index (χ2n) is 8.18. The Balaban J connectivity index is 1.48. The van der Waals surface area contributed by atoms with Gasteiger partial charge in [-0.05, 0) is 41.2 Å². The van der Waals surface area contributed by atoms with E-state index in [1.807, 2.05) is 42.5 Å². The Morgan fingerprint density at radius 1 is 1.14 bits per heavy atom. The molecule has 0 spiro atoms. The number of benzene rings is 2. The molecule has 7 heteroatoms. The lowest BCUT2D eigenvalue weighted by atomic mass is 9.87. The molecule has 2 aromatic carbocycles. The molecule has 6 nitrogen and oxygen atoms in total. The van der Waals surface area contributed by atoms with E-state index in [1.165, 1.54) is 4.31 Å². The molecule has 0 aliphatic carbocycles. The summed E-state index contributed by atoms with van der Waals surface area (Å²) in [6, 6.07) is 15.1. The second-order valence-corrected chi connectivity index (χ2v) is 10.2. The number of hydrogen-bond acceptors (Lipinski definition) is 4. The molecule has 0 aromatic heterocycles. The van der Waals surface area contributed by atoms with Gasteiger partial charge in [0.1, 0.15) is 5.75 Å². The normalized spacial score (nSPS) is 13.8. The molecule has 1 aliphatic rings. The van der Waals surface area contributed by atoms with Crippen LogP contribution < -0.4 is 14.4 Å². The van der Waals surface area contributed by atoms with Crippen molar-refractivity contribution in [2.75, 3.05) is 29.8 Å². The Hall–Kier alpha value is -2.54. The van der Waals surface area contributed by atoms with E-state index in [0.29, 0.717) is 18.7 Å². The maximum absolute atomic E-state index is 12.6. The van der Waals surface area contributed by atoms with Crippen LogP contribution in [0.1, 0.15) is 31.9 Å². The van der Waals surface area contributed by atoms with Crippen molar-refractivity contribution in [3.8, 4) is 5.75 Å². The molecule has 2 aromatic rings. The van der Waals surface area contributed by atoms with E-state index in [-0.39, 0.29) is 30.2 Å². The van der Waals surface area contributed by atoms with E-state index in [0.717, 1.165) is 16.8 Å². The average molecular weight is 417 g/mol. The van der Waals surface area contributed by atoms with Gasteiger partial charge in [-0.2, -0.15) is 0 Å². The minimum absolute atomic E-state index is 0.00974.